The van der Waals surface area contributed by atoms with E-state index in [0.717, 1.165) is 57.8 Å². The van der Waals surface area contributed by atoms with Gasteiger partial charge in [-0.25, -0.2) is 9.59 Å². The molecule has 1 N–H and O–H groups in total. The van der Waals surface area contributed by atoms with Gasteiger partial charge in [0.1, 0.15) is 5.78 Å². The number of carbonyl (C=O) groups excluding carboxylic acids is 2. The van der Waals surface area contributed by atoms with Gasteiger partial charge in [-0.05, 0) is 109 Å². The molecule has 0 saturated heterocycles. The molecule has 4 fully saturated rings. The summed E-state index contributed by atoms with van der Waals surface area (Å²) in [6.07, 6.45) is 13.0. The molecule has 1 aromatic rings. The molecule has 0 amide bonds. The highest BCUT2D eigenvalue weighted by Crippen LogP contribution is 2.75. The molecular formula is C38H52O5. The van der Waals surface area contributed by atoms with Crippen molar-refractivity contribution >= 4 is 17.7 Å². The Hall–Kier alpha value is -2.43. The van der Waals surface area contributed by atoms with E-state index in [1.54, 1.807) is 23.8 Å². The van der Waals surface area contributed by atoms with Crippen LogP contribution in [0.1, 0.15) is 133 Å². The van der Waals surface area contributed by atoms with E-state index in [2.05, 4.69) is 54.5 Å². The fourth-order valence-electron chi connectivity index (χ4n) is 11.5. The summed E-state index contributed by atoms with van der Waals surface area (Å²) in [4.78, 5) is 38.2. The van der Waals surface area contributed by atoms with Crippen molar-refractivity contribution in [1.29, 1.82) is 0 Å². The SMILES string of the molecule is CC1(C)CC[C@]2(COC(=O)c3ccccc3C(=O)O)CC[C@]3(C)C(=CC[C@@H]4[C@@]5(C)CCC(=O)C(C)(C)[C@@H]5CC[C@]43C)[C@@H]2C1. The van der Waals surface area contributed by atoms with E-state index in [0.29, 0.717) is 36.6 Å². The van der Waals surface area contributed by atoms with Crippen molar-refractivity contribution in [3.8, 4) is 0 Å². The van der Waals surface area contributed by atoms with Gasteiger partial charge < -0.3 is 9.84 Å². The Balaban J connectivity index is 1.34. The quantitative estimate of drug-likeness (QED) is 0.281. The van der Waals surface area contributed by atoms with Gasteiger partial charge in [0.2, 0.25) is 0 Å². The number of rotatable bonds is 4. The van der Waals surface area contributed by atoms with Crippen LogP contribution in [-0.2, 0) is 9.53 Å². The highest BCUT2D eigenvalue weighted by molar-refractivity contribution is 6.02. The maximum absolute atomic E-state index is 13.3. The molecule has 43 heavy (non-hydrogen) atoms. The van der Waals surface area contributed by atoms with E-state index >= 15 is 0 Å². The van der Waals surface area contributed by atoms with E-state index in [-0.39, 0.29) is 43.6 Å². The van der Waals surface area contributed by atoms with Gasteiger partial charge >= 0.3 is 11.9 Å². The van der Waals surface area contributed by atoms with Crippen LogP contribution in [0, 0.1) is 50.2 Å². The van der Waals surface area contributed by atoms with Crippen molar-refractivity contribution in [1.82, 2.24) is 0 Å². The third-order valence-electron chi connectivity index (χ3n) is 14.4. The van der Waals surface area contributed by atoms with Crippen molar-refractivity contribution in [3.05, 3.63) is 47.0 Å². The second kappa shape index (κ2) is 9.78. The number of fused-ring (bicyclic) bond motifs is 7. The largest absolute Gasteiger partial charge is 0.478 e. The van der Waals surface area contributed by atoms with Gasteiger partial charge in [0.25, 0.3) is 0 Å². The number of allylic oxidation sites excluding steroid dienone is 2. The molecule has 0 heterocycles. The highest BCUT2D eigenvalue weighted by Gasteiger charge is 2.68. The molecule has 0 bridgehead atoms. The zero-order chi connectivity index (χ0) is 31.2. The molecule has 5 nitrogen and oxygen atoms in total. The number of esters is 1. The molecule has 0 aromatic heterocycles. The normalized spacial score (nSPS) is 41.0. The van der Waals surface area contributed by atoms with Crippen LogP contribution in [0.25, 0.3) is 0 Å². The summed E-state index contributed by atoms with van der Waals surface area (Å²) in [5.41, 5.74) is 1.93. The average Bonchev–Trinajstić information content (AvgIpc) is 2.94. The van der Waals surface area contributed by atoms with Crippen LogP contribution in [-0.4, -0.2) is 29.4 Å². The minimum atomic E-state index is -1.11. The fourth-order valence-corrected chi connectivity index (χ4v) is 11.5. The molecule has 0 spiro atoms. The lowest BCUT2D eigenvalue weighted by Crippen LogP contribution is -2.64. The molecule has 7 atom stereocenters. The summed E-state index contributed by atoms with van der Waals surface area (Å²) >= 11 is 0. The number of Topliss-reactive ketones (excluding diaryl/α,β-unsaturated/α-hetero) is 1. The molecule has 6 rings (SSSR count). The van der Waals surface area contributed by atoms with E-state index in [1.807, 2.05) is 0 Å². The van der Waals surface area contributed by atoms with E-state index in [4.69, 9.17) is 4.74 Å². The molecule has 0 unspecified atom stereocenters. The number of hydrogen-bond donors (Lipinski definition) is 1. The zero-order valence-corrected chi connectivity index (χ0v) is 27.5. The smallest absolute Gasteiger partial charge is 0.339 e. The number of carboxylic acids is 1. The summed E-state index contributed by atoms with van der Waals surface area (Å²) in [5.74, 6) is 0.126. The summed E-state index contributed by atoms with van der Waals surface area (Å²) in [7, 11) is 0. The van der Waals surface area contributed by atoms with Gasteiger partial charge in [0, 0.05) is 17.3 Å². The van der Waals surface area contributed by atoms with E-state index in [1.165, 1.54) is 6.07 Å². The number of ether oxygens (including phenoxy) is 1. The summed E-state index contributed by atoms with van der Waals surface area (Å²) < 4.78 is 6.09. The van der Waals surface area contributed by atoms with Gasteiger partial charge in [-0.1, -0.05) is 72.2 Å². The number of aromatic carboxylic acids is 1. The van der Waals surface area contributed by atoms with Crippen LogP contribution in [0.5, 0.6) is 0 Å². The van der Waals surface area contributed by atoms with Crippen LogP contribution in [0.4, 0.5) is 0 Å². The first-order chi connectivity index (χ1) is 20.0. The minimum Gasteiger partial charge on any atom is -0.478 e. The molecular weight excluding hydrogens is 536 g/mol. The molecule has 0 aliphatic heterocycles. The summed E-state index contributed by atoms with van der Waals surface area (Å²) in [5, 5.41) is 9.65. The Morgan fingerprint density at radius 3 is 2.26 bits per heavy atom. The standard InChI is InChI=1S/C38H52O5/c1-33(2)18-20-38(23-43-32(42)25-11-9-8-10-24(25)31(40)41)21-19-36(6)26(27(38)22-33)12-13-29-35(5)16-15-30(39)34(3,4)28(35)14-17-37(29,36)7/h8-12,27-29H,13-23H2,1-7H3,(H,40,41)/t27-,28-,29+,35-,36+,37+,38+/m0/s1. The van der Waals surface area contributed by atoms with Crippen molar-refractivity contribution in [3.63, 3.8) is 0 Å². The number of carbonyl (C=O) groups is 3. The Bertz CT molecular complexity index is 1390. The molecule has 0 radical (unpaired) electrons. The van der Waals surface area contributed by atoms with Crippen molar-refractivity contribution < 1.29 is 24.2 Å². The number of benzene rings is 1. The van der Waals surface area contributed by atoms with Crippen LogP contribution in [0.3, 0.4) is 0 Å². The van der Waals surface area contributed by atoms with Crippen LogP contribution >= 0.6 is 0 Å². The first-order valence-corrected chi connectivity index (χ1v) is 16.7. The first-order valence-electron chi connectivity index (χ1n) is 16.7. The fraction of sp³-hybridized carbons (Fsp3) is 0.711. The van der Waals surface area contributed by atoms with Crippen molar-refractivity contribution in [2.75, 3.05) is 6.61 Å². The lowest BCUT2D eigenvalue weighted by Gasteiger charge is -2.70. The molecule has 234 valence electrons. The van der Waals surface area contributed by atoms with Crippen molar-refractivity contribution in [2.45, 2.75) is 113 Å². The third kappa shape index (κ3) is 4.33. The summed E-state index contributed by atoms with van der Waals surface area (Å²) in [6, 6.07) is 6.37. The maximum atomic E-state index is 13.3. The minimum absolute atomic E-state index is 0.00631. The highest BCUT2D eigenvalue weighted by atomic mass is 16.5. The van der Waals surface area contributed by atoms with E-state index < -0.39 is 11.9 Å². The number of ketones is 1. The van der Waals surface area contributed by atoms with Gasteiger partial charge in [0.15, 0.2) is 0 Å². The lowest BCUT2D eigenvalue weighted by atomic mass is 9.33. The monoisotopic (exact) mass is 588 g/mol. The molecule has 4 saturated carbocycles. The van der Waals surface area contributed by atoms with Crippen LogP contribution in [0.2, 0.25) is 0 Å². The predicted molar refractivity (Wildman–Crippen MR) is 168 cm³/mol. The van der Waals surface area contributed by atoms with Gasteiger partial charge in [-0.15, -0.1) is 0 Å². The Kier molecular flexibility index (Phi) is 6.96. The number of carboxylic acid groups (broad SMARTS) is 1. The van der Waals surface area contributed by atoms with Crippen molar-refractivity contribution in [2.24, 2.45) is 50.2 Å². The molecule has 5 heteroatoms. The maximum Gasteiger partial charge on any atom is 0.339 e. The topological polar surface area (TPSA) is 80.7 Å². The van der Waals surface area contributed by atoms with Gasteiger partial charge in [-0.3, -0.25) is 4.79 Å². The molecule has 5 aliphatic carbocycles. The zero-order valence-electron chi connectivity index (χ0n) is 27.5. The predicted octanol–water partition coefficient (Wildman–Crippen LogP) is 8.91. The van der Waals surface area contributed by atoms with Crippen LogP contribution < -0.4 is 0 Å². The Morgan fingerprint density at radius 1 is 0.884 bits per heavy atom. The lowest BCUT2D eigenvalue weighted by molar-refractivity contribution is -0.186. The van der Waals surface area contributed by atoms with Crippen LogP contribution in [0.15, 0.2) is 35.9 Å². The second-order valence-corrected chi connectivity index (χ2v) is 17.1. The molecule has 5 aliphatic rings. The Labute approximate surface area is 258 Å². The second-order valence-electron chi connectivity index (χ2n) is 17.1. The molecule has 1 aromatic carbocycles. The van der Waals surface area contributed by atoms with Gasteiger partial charge in [-0.2, -0.15) is 0 Å². The summed E-state index contributed by atoms with van der Waals surface area (Å²) in [6.45, 7) is 17.2. The third-order valence-corrected chi connectivity index (χ3v) is 14.4. The number of hydrogen-bond acceptors (Lipinski definition) is 4. The first kappa shape index (κ1) is 30.6. The van der Waals surface area contributed by atoms with Gasteiger partial charge in [0.05, 0.1) is 17.7 Å². The van der Waals surface area contributed by atoms with E-state index in [9.17, 15) is 19.5 Å². The Morgan fingerprint density at radius 2 is 1.56 bits per heavy atom. The average molecular weight is 589 g/mol.